The lowest BCUT2D eigenvalue weighted by atomic mass is 10.3. The van der Waals surface area contributed by atoms with Gasteiger partial charge in [-0.2, -0.15) is 0 Å². The molecule has 7 heteroatoms. The number of aliphatic hydroxyl groups excluding tert-OH is 1. The third-order valence-electron chi connectivity index (χ3n) is 3.55. The number of hydrogen-bond donors (Lipinski definition) is 2. The van der Waals surface area contributed by atoms with Gasteiger partial charge in [-0.1, -0.05) is 6.92 Å². The maximum atomic E-state index is 9.29. The average Bonchev–Trinajstić information content (AvgIpc) is 3.00. The molecule has 1 fully saturated rings. The lowest BCUT2D eigenvalue weighted by molar-refractivity contribution is 0.00342. The fourth-order valence-corrected chi connectivity index (χ4v) is 2.49. The van der Waals surface area contributed by atoms with Crippen LogP contribution in [0.5, 0.6) is 0 Å². The SMILES string of the molecule is CCCNc1cn2ccnc2c(N2CCOC(CO)C2)n1. The molecule has 3 rings (SSSR count). The number of hydrogen-bond acceptors (Lipinski definition) is 6. The third-order valence-corrected chi connectivity index (χ3v) is 3.55. The summed E-state index contributed by atoms with van der Waals surface area (Å²) < 4.78 is 7.48. The molecule has 1 saturated heterocycles. The van der Waals surface area contributed by atoms with Crippen LogP contribution in [0.3, 0.4) is 0 Å². The highest BCUT2D eigenvalue weighted by Gasteiger charge is 2.23. The predicted molar refractivity (Wildman–Crippen MR) is 80.8 cm³/mol. The van der Waals surface area contributed by atoms with Crippen molar-refractivity contribution >= 4 is 17.3 Å². The zero-order chi connectivity index (χ0) is 14.7. The van der Waals surface area contributed by atoms with Crippen molar-refractivity contribution in [2.45, 2.75) is 19.4 Å². The summed E-state index contributed by atoms with van der Waals surface area (Å²) in [4.78, 5) is 11.2. The van der Waals surface area contributed by atoms with Gasteiger partial charge in [0, 0.05) is 32.0 Å². The average molecular weight is 291 g/mol. The van der Waals surface area contributed by atoms with E-state index in [-0.39, 0.29) is 12.7 Å². The molecule has 2 aromatic heterocycles. The largest absolute Gasteiger partial charge is 0.394 e. The van der Waals surface area contributed by atoms with Crippen LogP contribution >= 0.6 is 0 Å². The second-order valence-corrected chi connectivity index (χ2v) is 5.16. The normalized spacial score (nSPS) is 19.1. The van der Waals surface area contributed by atoms with Crippen LogP contribution in [0.15, 0.2) is 18.6 Å². The zero-order valence-corrected chi connectivity index (χ0v) is 12.2. The van der Waals surface area contributed by atoms with Crippen LogP contribution in [-0.4, -0.2) is 58.4 Å². The third kappa shape index (κ3) is 2.93. The summed E-state index contributed by atoms with van der Waals surface area (Å²) in [6.45, 7) is 5.00. The van der Waals surface area contributed by atoms with Gasteiger partial charge in [-0.05, 0) is 6.42 Å². The Kier molecular flexibility index (Phi) is 4.21. The number of ether oxygens (including phenoxy) is 1. The van der Waals surface area contributed by atoms with Crippen molar-refractivity contribution in [3.05, 3.63) is 18.6 Å². The molecule has 2 aromatic rings. The van der Waals surface area contributed by atoms with Gasteiger partial charge >= 0.3 is 0 Å². The molecule has 0 amide bonds. The maximum absolute atomic E-state index is 9.29. The number of aliphatic hydroxyl groups is 1. The zero-order valence-electron chi connectivity index (χ0n) is 12.2. The summed E-state index contributed by atoms with van der Waals surface area (Å²) in [6.07, 6.45) is 6.52. The minimum atomic E-state index is -0.164. The van der Waals surface area contributed by atoms with Gasteiger partial charge in [-0.25, -0.2) is 9.97 Å². The Balaban J connectivity index is 1.93. The molecule has 0 radical (unpaired) electrons. The van der Waals surface area contributed by atoms with Gasteiger partial charge in [-0.3, -0.25) is 0 Å². The molecular formula is C14H21N5O2. The molecule has 2 N–H and O–H groups in total. The maximum Gasteiger partial charge on any atom is 0.180 e. The van der Waals surface area contributed by atoms with Crippen molar-refractivity contribution in [1.29, 1.82) is 0 Å². The standard InChI is InChI=1S/C14H21N5O2/c1-2-3-15-12-9-18-5-4-16-13(18)14(17-12)19-6-7-21-11(8-19)10-20/h4-5,9,11,15,20H,2-3,6-8,10H2,1H3. The molecule has 7 nitrogen and oxygen atoms in total. The van der Waals surface area contributed by atoms with Crippen molar-refractivity contribution in [3.8, 4) is 0 Å². The van der Waals surface area contributed by atoms with E-state index in [0.717, 1.165) is 36.8 Å². The van der Waals surface area contributed by atoms with Gasteiger partial charge in [0.1, 0.15) is 5.82 Å². The fraction of sp³-hybridized carbons (Fsp3) is 0.571. The first-order valence-electron chi connectivity index (χ1n) is 7.36. The Morgan fingerprint density at radius 1 is 1.52 bits per heavy atom. The van der Waals surface area contributed by atoms with Crippen molar-refractivity contribution < 1.29 is 9.84 Å². The summed E-state index contributed by atoms with van der Waals surface area (Å²) in [5.41, 5.74) is 0.829. The van der Waals surface area contributed by atoms with Crippen molar-refractivity contribution in [2.75, 3.05) is 43.1 Å². The quantitative estimate of drug-likeness (QED) is 0.847. The lowest BCUT2D eigenvalue weighted by Crippen LogP contribution is -2.44. The minimum absolute atomic E-state index is 0.0228. The second kappa shape index (κ2) is 6.28. The van der Waals surface area contributed by atoms with Crippen LogP contribution in [0.1, 0.15) is 13.3 Å². The van der Waals surface area contributed by atoms with E-state index in [1.165, 1.54) is 0 Å². The van der Waals surface area contributed by atoms with Crippen LogP contribution in [0.2, 0.25) is 0 Å². The fourth-order valence-electron chi connectivity index (χ4n) is 2.49. The van der Waals surface area contributed by atoms with Crippen LogP contribution < -0.4 is 10.2 Å². The van der Waals surface area contributed by atoms with Crippen molar-refractivity contribution in [2.24, 2.45) is 0 Å². The molecule has 0 saturated carbocycles. The van der Waals surface area contributed by atoms with E-state index in [0.29, 0.717) is 13.2 Å². The van der Waals surface area contributed by atoms with Crippen LogP contribution in [0.4, 0.5) is 11.6 Å². The number of nitrogens with one attached hydrogen (secondary N) is 1. The van der Waals surface area contributed by atoms with E-state index >= 15 is 0 Å². The number of aromatic nitrogens is 3. The Hall–Kier alpha value is -1.86. The topological polar surface area (TPSA) is 74.9 Å². The Bertz CT molecular complexity index is 600. The van der Waals surface area contributed by atoms with Gasteiger partial charge in [0.25, 0.3) is 0 Å². The molecule has 3 heterocycles. The van der Waals surface area contributed by atoms with Gasteiger partial charge < -0.3 is 24.5 Å². The lowest BCUT2D eigenvalue weighted by Gasteiger charge is -2.33. The summed E-state index contributed by atoms with van der Waals surface area (Å²) in [6, 6.07) is 0. The number of fused-ring (bicyclic) bond motifs is 1. The van der Waals surface area contributed by atoms with Gasteiger partial charge in [0.2, 0.25) is 0 Å². The van der Waals surface area contributed by atoms with Gasteiger partial charge in [0.05, 0.1) is 25.5 Å². The number of morpholine rings is 1. The molecule has 0 spiro atoms. The Morgan fingerprint density at radius 3 is 3.24 bits per heavy atom. The first-order chi connectivity index (χ1) is 10.3. The summed E-state index contributed by atoms with van der Waals surface area (Å²) >= 11 is 0. The first kappa shape index (κ1) is 14.1. The molecule has 0 aromatic carbocycles. The number of anilines is 2. The predicted octanol–water partition coefficient (Wildman–Crippen LogP) is 0.749. The highest BCUT2D eigenvalue weighted by Crippen LogP contribution is 2.22. The van der Waals surface area contributed by atoms with E-state index < -0.39 is 0 Å². The summed E-state index contributed by atoms with van der Waals surface area (Å²) in [5.74, 6) is 1.67. The van der Waals surface area contributed by atoms with Gasteiger partial charge in [-0.15, -0.1) is 0 Å². The highest BCUT2D eigenvalue weighted by molar-refractivity contribution is 5.67. The highest BCUT2D eigenvalue weighted by atomic mass is 16.5. The van der Waals surface area contributed by atoms with E-state index in [9.17, 15) is 5.11 Å². The molecule has 1 atom stereocenters. The molecule has 0 aliphatic carbocycles. The van der Waals surface area contributed by atoms with Crippen LogP contribution in [0.25, 0.3) is 5.65 Å². The Morgan fingerprint density at radius 2 is 2.43 bits per heavy atom. The molecule has 21 heavy (non-hydrogen) atoms. The van der Waals surface area contributed by atoms with E-state index in [1.807, 2.05) is 16.8 Å². The van der Waals surface area contributed by atoms with Crippen LogP contribution in [0, 0.1) is 0 Å². The van der Waals surface area contributed by atoms with Gasteiger partial charge in [0.15, 0.2) is 11.5 Å². The van der Waals surface area contributed by atoms with Crippen LogP contribution in [-0.2, 0) is 4.74 Å². The first-order valence-corrected chi connectivity index (χ1v) is 7.36. The molecular weight excluding hydrogens is 270 g/mol. The van der Waals surface area contributed by atoms with Crippen molar-refractivity contribution in [3.63, 3.8) is 0 Å². The van der Waals surface area contributed by atoms with Crippen molar-refractivity contribution in [1.82, 2.24) is 14.4 Å². The number of imidazole rings is 1. The van der Waals surface area contributed by atoms with E-state index in [1.54, 1.807) is 6.20 Å². The smallest absolute Gasteiger partial charge is 0.180 e. The molecule has 1 aliphatic rings. The molecule has 114 valence electrons. The molecule has 1 unspecified atom stereocenters. The monoisotopic (exact) mass is 291 g/mol. The van der Waals surface area contributed by atoms with E-state index in [2.05, 4.69) is 22.1 Å². The Labute approximate surface area is 123 Å². The number of rotatable bonds is 5. The second-order valence-electron chi connectivity index (χ2n) is 5.16. The molecule has 0 bridgehead atoms. The minimum Gasteiger partial charge on any atom is -0.394 e. The summed E-state index contributed by atoms with van der Waals surface area (Å²) in [7, 11) is 0. The summed E-state index contributed by atoms with van der Waals surface area (Å²) in [5, 5.41) is 12.6. The molecule has 1 aliphatic heterocycles. The van der Waals surface area contributed by atoms with E-state index in [4.69, 9.17) is 9.72 Å². The number of nitrogens with zero attached hydrogens (tertiary/aromatic N) is 4.